The molecular formula is C11H12N4O2. The summed E-state index contributed by atoms with van der Waals surface area (Å²) in [6, 6.07) is 3.59. The first-order valence-electron chi connectivity index (χ1n) is 5.14. The lowest BCUT2D eigenvalue weighted by molar-refractivity contribution is -0.385. The van der Waals surface area contributed by atoms with Gasteiger partial charge in [-0.2, -0.15) is 5.10 Å². The van der Waals surface area contributed by atoms with E-state index in [2.05, 4.69) is 10.1 Å². The predicted octanol–water partition coefficient (Wildman–Crippen LogP) is 2.10. The van der Waals surface area contributed by atoms with Crippen LogP contribution in [-0.2, 0) is 0 Å². The van der Waals surface area contributed by atoms with Gasteiger partial charge in [-0.25, -0.2) is 9.67 Å². The zero-order valence-electron chi connectivity index (χ0n) is 9.84. The summed E-state index contributed by atoms with van der Waals surface area (Å²) in [6.07, 6.45) is 1.39. The predicted molar refractivity (Wildman–Crippen MR) is 62.2 cm³/mol. The summed E-state index contributed by atoms with van der Waals surface area (Å²) >= 11 is 0. The Bertz CT molecular complexity index is 589. The summed E-state index contributed by atoms with van der Waals surface area (Å²) in [7, 11) is 0. The molecule has 0 aliphatic rings. The normalized spacial score (nSPS) is 10.5. The average molecular weight is 232 g/mol. The minimum atomic E-state index is -0.376. The Morgan fingerprint density at radius 1 is 1.24 bits per heavy atom. The molecule has 0 fully saturated rings. The fraction of sp³-hybridized carbons (Fsp3) is 0.273. The van der Waals surface area contributed by atoms with Crippen molar-refractivity contribution in [1.29, 1.82) is 0 Å². The summed E-state index contributed by atoms with van der Waals surface area (Å²) in [6.45, 7) is 5.30. The second-order valence-electron chi connectivity index (χ2n) is 3.87. The summed E-state index contributed by atoms with van der Waals surface area (Å²) in [4.78, 5) is 14.8. The first-order chi connectivity index (χ1) is 8.02. The molecule has 0 amide bonds. The first kappa shape index (κ1) is 11.3. The number of nitrogens with zero attached hydrogens (tertiary/aromatic N) is 4. The number of nitro benzene ring substituents is 1. The van der Waals surface area contributed by atoms with Gasteiger partial charge in [0.15, 0.2) is 0 Å². The third-order valence-electron chi connectivity index (χ3n) is 2.67. The van der Waals surface area contributed by atoms with Gasteiger partial charge >= 0.3 is 0 Å². The molecular weight excluding hydrogens is 220 g/mol. The van der Waals surface area contributed by atoms with Crippen molar-refractivity contribution in [3.63, 3.8) is 0 Å². The molecule has 0 radical (unpaired) electrons. The Balaban J connectivity index is 2.81. The number of aryl methyl sites for hydroxylation is 3. The van der Waals surface area contributed by atoms with E-state index >= 15 is 0 Å². The highest BCUT2D eigenvalue weighted by Gasteiger charge is 2.22. The molecule has 0 aliphatic carbocycles. The van der Waals surface area contributed by atoms with Gasteiger partial charge in [-0.15, -0.1) is 0 Å². The fourth-order valence-corrected chi connectivity index (χ4v) is 1.80. The van der Waals surface area contributed by atoms with Crippen LogP contribution in [0.3, 0.4) is 0 Å². The number of hydrogen-bond donors (Lipinski definition) is 0. The monoisotopic (exact) mass is 232 g/mol. The van der Waals surface area contributed by atoms with Crippen molar-refractivity contribution in [2.45, 2.75) is 20.8 Å². The van der Waals surface area contributed by atoms with Gasteiger partial charge in [0, 0.05) is 5.56 Å². The highest BCUT2D eigenvalue weighted by Crippen LogP contribution is 2.29. The molecule has 1 aromatic carbocycles. The molecule has 0 bridgehead atoms. The molecule has 17 heavy (non-hydrogen) atoms. The molecule has 88 valence electrons. The van der Waals surface area contributed by atoms with Gasteiger partial charge in [0.1, 0.15) is 17.8 Å². The molecule has 0 atom stereocenters. The SMILES string of the molecule is Cc1ccc(C)c([N+](=O)[O-])c1-n1ncnc1C. The molecule has 1 aromatic heterocycles. The van der Waals surface area contributed by atoms with Crippen molar-refractivity contribution in [1.82, 2.24) is 14.8 Å². The number of aromatic nitrogens is 3. The van der Waals surface area contributed by atoms with Crippen molar-refractivity contribution in [3.8, 4) is 5.69 Å². The van der Waals surface area contributed by atoms with Gasteiger partial charge in [0.05, 0.1) is 4.92 Å². The van der Waals surface area contributed by atoms with E-state index in [4.69, 9.17) is 0 Å². The lowest BCUT2D eigenvalue weighted by atomic mass is 10.1. The molecule has 1 heterocycles. The van der Waals surface area contributed by atoms with Gasteiger partial charge in [-0.05, 0) is 26.3 Å². The van der Waals surface area contributed by atoms with Crippen LogP contribution in [0.15, 0.2) is 18.5 Å². The molecule has 0 saturated carbocycles. The van der Waals surface area contributed by atoms with Crippen molar-refractivity contribution in [3.05, 3.63) is 45.5 Å². The second-order valence-corrected chi connectivity index (χ2v) is 3.87. The third-order valence-corrected chi connectivity index (χ3v) is 2.67. The Hall–Kier alpha value is -2.24. The van der Waals surface area contributed by atoms with Crippen LogP contribution in [0.5, 0.6) is 0 Å². The van der Waals surface area contributed by atoms with E-state index in [1.165, 1.54) is 11.0 Å². The standard InChI is InChI=1S/C11H12N4O2/c1-7-4-5-8(2)11(15(16)17)10(7)14-9(3)12-6-13-14/h4-6H,1-3H3. The molecule has 0 spiro atoms. The molecule has 6 nitrogen and oxygen atoms in total. The highest BCUT2D eigenvalue weighted by molar-refractivity contribution is 5.61. The van der Waals surface area contributed by atoms with Crippen LogP contribution in [0.2, 0.25) is 0 Å². The quantitative estimate of drug-likeness (QED) is 0.587. The van der Waals surface area contributed by atoms with Crippen molar-refractivity contribution in [2.75, 3.05) is 0 Å². The van der Waals surface area contributed by atoms with Crippen LogP contribution < -0.4 is 0 Å². The smallest absolute Gasteiger partial charge is 0.258 e. The van der Waals surface area contributed by atoms with Crippen molar-refractivity contribution in [2.24, 2.45) is 0 Å². The number of nitro groups is 1. The van der Waals surface area contributed by atoms with E-state index in [-0.39, 0.29) is 10.6 Å². The Kier molecular flexibility index (Phi) is 2.63. The van der Waals surface area contributed by atoms with E-state index in [1.54, 1.807) is 19.9 Å². The van der Waals surface area contributed by atoms with E-state index in [1.807, 2.05) is 13.0 Å². The molecule has 0 saturated heterocycles. The molecule has 0 aliphatic heterocycles. The minimum Gasteiger partial charge on any atom is -0.258 e. The minimum absolute atomic E-state index is 0.0820. The topological polar surface area (TPSA) is 73.8 Å². The van der Waals surface area contributed by atoms with Crippen LogP contribution in [0, 0.1) is 30.9 Å². The lowest BCUT2D eigenvalue weighted by Gasteiger charge is -2.09. The van der Waals surface area contributed by atoms with Crippen LogP contribution in [0.1, 0.15) is 17.0 Å². The zero-order valence-corrected chi connectivity index (χ0v) is 9.84. The van der Waals surface area contributed by atoms with E-state index in [0.717, 1.165) is 5.56 Å². The Morgan fingerprint density at radius 3 is 2.41 bits per heavy atom. The zero-order chi connectivity index (χ0) is 12.6. The maximum atomic E-state index is 11.1. The summed E-state index contributed by atoms with van der Waals surface area (Å²) in [5.74, 6) is 0.627. The molecule has 2 rings (SSSR count). The maximum absolute atomic E-state index is 11.1. The van der Waals surface area contributed by atoms with E-state index < -0.39 is 0 Å². The molecule has 0 N–H and O–H groups in total. The van der Waals surface area contributed by atoms with Crippen LogP contribution in [0.4, 0.5) is 5.69 Å². The fourth-order valence-electron chi connectivity index (χ4n) is 1.80. The van der Waals surface area contributed by atoms with Gasteiger partial charge in [-0.1, -0.05) is 12.1 Å². The van der Waals surface area contributed by atoms with Gasteiger partial charge < -0.3 is 0 Å². The average Bonchev–Trinajstić information content (AvgIpc) is 2.67. The maximum Gasteiger partial charge on any atom is 0.298 e. The highest BCUT2D eigenvalue weighted by atomic mass is 16.6. The van der Waals surface area contributed by atoms with E-state index in [9.17, 15) is 10.1 Å². The molecule has 0 unspecified atom stereocenters. The Morgan fingerprint density at radius 2 is 1.88 bits per heavy atom. The van der Waals surface area contributed by atoms with Crippen LogP contribution in [0.25, 0.3) is 5.69 Å². The van der Waals surface area contributed by atoms with Crippen LogP contribution >= 0.6 is 0 Å². The summed E-state index contributed by atoms with van der Waals surface area (Å²) < 4.78 is 1.50. The Labute approximate surface area is 98.1 Å². The largest absolute Gasteiger partial charge is 0.298 e. The lowest BCUT2D eigenvalue weighted by Crippen LogP contribution is -2.07. The molecule has 2 aromatic rings. The number of rotatable bonds is 2. The van der Waals surface area contributed by atoms with Gasteiger partial charge in [0.2, 0.25) is 0 Å². The van der Waals surface area contributed by atoms with Gasteiger partial charge in [0.25, 0.3) is 5.69 Å². The van der Waals surface area contributed by atoms with Gasteiger partial charge in [-0.3, -0.25) is 10.1 Å². The van der Waals surface area contributed by atoms with Crippen molar-refractivity contribution < 1.29 is 4.92 Å². The number of benzene rings is 1. The summed E-state index contributed by atoms with van der Waals surface area (Å²) in [5, 5.41) is 15.2. The molecule has 6 heteroatoms. The van der Waals surface area contributed by atoms with Crippen molar-refractivity contribution >= 4 is 5.69 Å². The summed E-state index contributed by atoms with van der Waals surface area (Å²) in [5.41, 5.74) is 1.99. The van der Waals surface area contributed by atoms with E-state index in [0.29, 0.717) is 17.1 Å². The third kappa shape index (κ3) is 1.77. The number of hydrogen-bond acceptors (Lipinski definition) is 4. The second kappa shape index (κ2) is 3.97. The van der Waals surface area contributed by atoms with Crippen LogP contribution in [-0.4, -0.2) is 19.7 Å². The first-order valence-corrected chi connectivity index (χ1v) is 5.14.